The molecule has 6 nitrogen and oxygen atoms in total. The van der Waals surface area contributed by atoms with Crippen LogP contribution in [-0.4, -0.2) is 29.5 Å². The van der Waals surface area contributed by atoms with Crippen molar-refractivity contribution >= 4 is 22.1 Å². The van der Waals surface area contributed by atoms with Gasteiger partial charge in [0.15, 0.2) is 5.65 Å². The van der Waals surface area contributed by atoms with Crippen LogP contribution in [0.25, 0.3) is 22.1 Å². The Labute approximate surface area is 152 Å². The molecule has 0 aliphatic heterocycles. The zero-order valence-corrected chi connectivity index (χ0v) is 15.6. The summed E-state index contributed by atoms with van der Waals surface area (Å²) in [4.78, 5) is 4.47. The van der Waals surface area contributed by atoms with Crippen LogP contribution < -0.4 is 0 Å². The highest BCUT2D eigenvalue weighted by atomic mass is 15.3. The molecule has 6 heteroatoms. The zero-order valence-electron chi connectivity index (χ0n) is 15.6. The number of fused-ring (bicyclic) bond motifs is 3. The second-order valence-corrected chi connectivity index (χ2v) is 6.78. The summed E-state index contributed by atoms with van der Waals surface area (Å²) < 4.78 is 4.40. The van der Waals surface area contributed by atoms with Gasteiger partial charge in [0.2, 0.25) is 0 Å². The van der Waals surface area contributed by atoms with Crippen molar-refractivity contribution in [3.05, 3.63) is 47.5 Å². The summed E-state index contributed by atoms with van der Waals surface area (Å²) in [5.74, 6) is 0. The van der Waals surface area contributed by atoms with E-state index in [1.165, 1.54) is 17.6 Å². The first kappa shape index (κ1) is 16.7. The molecule has 1 aromatic carbocycles. The Balaban J connectivity index is 1.60. The molecule has 0 saturated heterocycles. The van der Waals surface area contributed by atoms with Crippen LogP contribution in [0.5, 0.6) is 0 Å². The van der Waals surface area contributed by atoms with E-state index in [0.717, 1.165) is 60.1 Å². The first-order chi connectivity index (χ1) is 12.7. The molecule has 0 unspecified atom stereocenters. The van der Waals surface area contributed by atoms with Crippen LogP contribution in [0.2, 0.25) is 0 Å². The smallest absolute Gasteiger partial charge is 0.163 e. The summed E-state index contributed by atoms with van der Waals surface area (Å²) in [6.45, 7) is 8.30. The quantitative estimate of drug-likeness (QED) is 0.531. The van der Waals surface area contributed by atoms with Crippen molar-refractivity contribution in [2.75, 3.05) is 0 Å². The third-order valence-electron chi connectivity index (χ3n) is 5.09. The second-order valence-electron chi connectivity index (χ2n) is 6.78. The highest BCUT2D eigenvalue weighted by Crippen LogP contribution is 2.25. The predicted molar refractivity (Wildman–Crippen MR) is 103 cm³/mol. The predicted octanol–water partition coefficient (Wildman–Crippen LogP) is 3.84. The lowest BCUT2D eigenvalue weighted by atomic mass is 10.1. The lowest BCUT2D eigenvalue weighted by Gasteiger charge is -2.08. The third-order valence-corrected chi connectivity index (χ3v) is 5.09. The van der Waals surface area contributed by atoms with E-state index in [0.29, 0.717) is 0 Å². The van der Waals surface area contributed by atoms with Crippen molar-refractivity contribution in [3.63, 3.8) is 0 Å². The topological polar surface area (TPSA) is 61.4 Å². The molecule has 0 spiro atoms. The van der Waals surface area contributed by atoms with Gasteiger partial charge in [0.05, 0.1) is 11.2 Å². The minimum Gasteiger partial charge on any atom is -0.324 e. The van der Waals surface area contributed by atoms with Gasteiger partial charge < -0.3 is 4.57 Å². The average molecular weight is 348 g/mol. The van der Waals surface area contributed by atoms with Gasteiger partial charge in [0.1, 0.15) is 11.8 Å². The second kappa shape index (κ2) is 6.86. The molecular formula is C20H24N6. The number of para-hydroxylation sites is 1. The van der Waals surface area contributed by atoms with Crippen LogP contribution in [0.4, 0.5) is 0 Å². The van der Waals surface area contributed by atoms with E-state index < -0.39 is 0 Å². The highest BCUT2D eigenvalue weighted by molar-refractivity contribution is 6.03. The van der Waals surface area contributed by atoms with Gasteiger partial charge in [-0.05, 0) is 38.3 Å². The Morgan fingerprint density at radius 3 is 2.77 bits per heavy atom. The molecule has 3 aromatic heterocycles. The molecule has 0 aliphatic rings. The molecule has 0 bridgehead atoms. The highest BCUT2D eigenvalue weighted by Gasteiger charge is 2.14. The maximum absolute atomic E-state index is 4.74. The SMILES string of the molecule is CCCc1c(C)nn(CCCn2c3ccccc3c3nncnc32)c1C. The van der Waals surface area contributed by atoms with Gasteiger partial charge in [-0.25, -0.2) is 4.98 Å². The van der Waals surface area contributed by atoms with Crippen molar-refractivity contribution in [2.45, 2.75) is 53.1 Å². The Kier molecular flexibility index (Phi) is 4.41. The summed E-state index contributed by atoms with van der Waals surface area (Å²) in [5, 5.41) is 14.1. The Bertz CT molecular complexity index is 1010. The van der Waals surface area contributed by atoms with E-state index in [9.17, 15) is 0 Å². The van der Waals surface area contributed by atoms with Gasteiger partial charge in [0.25, 0.3) is 0 Å². The molecule has 4 aromatic rings. The van der Waals surface area contributed by atoms with E-state index >= 15 is 0 Å². The standard InChI is InChI=1S/C20H24N6/c1-4-8-16-14(2)24-26(15(16)3)12-7-11-25-18-10-6-5-9-17(18)19-20(25)21-13-22-23-19/h5-6,9-10,13H,4,7-8,11-12H2,1-3H3. The first-order valence-corrected chi connectivity index (χ1v) is 9.28. The van der Waals surface area contributed by atoms with E-state index in [4.69, 9.17) is 5.10 Å². The van der Waals surface area contributed by atoms with Crippen molar-refractivity contribution < 1.29 is 0 Å². The number of nitrogens with zero attached hydrogens (tertiary/aromatic N) is 6. The van der Waals surface area contributed by atoms with Crippen LogP contribution in [0.15, 0.2) is 30.6 Å². The fourth-order valence-corrected chi connectivity index (χ4v) is 3.83. The van der Waals surface area contributed by atoms with E-state index in [-0.39, 0.29) is 0 Å². The van der Waals surface area contributed by atoms with E-state index in [2.05, 4.69) is 63.4 Å². The number of aromatic nitrogens is 6. The molecule has 0 saturated carbocycles. The maximum atomic E-state index is 4.74. The number of aryl methyl sites for hydroxylation is 3. The van der Waals surface area contributed by atoms with E-state index in [1.807, 2.05) is 6.07 Å². The Morgan fingerprint density at radius 2 is 1.92 bits per heavy atom. The monoisotopic (exact) mass is 348 g/mol. The van der Waals surface area contributed by atoms with Gasteiger partial charge in [0, 0.05) is 24.2 Å². The molecule has 0 amide bonds. The lowest BCUT2D eigenvalue weighted by molar-refractivity contribution is 0.525. The van der Waals surface area contributed by atoms with Crippen molar-refractivity contribution in [1.29, 1.82) is 0 Å². The summed E-state index contributed by atoms with van der Waals surface area (Å²) in [7, 11) is 0. The summed E-state index contributed by atoms with van der Waals surface area (Å²) in [6, 6.07) is 8.30. The van der Waals surface area contributed by atoms with Gasteiger partial charge >= 0.3 is 0 Å². The minimum absolute atomic E-state index is 0.874. The number of hydrogen-bond donors (Lipinski definition) is 0. The minimum atomic E-state index is 0.874. The zero-order chi connectivity index (χ0) is 18.1. The Morgan fingerprint density at radius 1 is 1.08 bits per heavy atom. The van der Waals surface area contributed by atoms with Gasteiger partial charge in [-0.2, -0.15) is 5.10 Å². The summed E-state index contributed by atoms with van der Waals surface area (Å²) in [6.07, 6.45) is 4.77. The first-order valence-electron chi connectivity index (χ1n) is 9.28. The molecule has 0 atom stereocenters. The maximum Gasteiger partial charge on any atom is 0.163 e. The van der Waals surface area contributed by atoms with Crippen LogP contribution in [-0.2, 0) is 19.5 Å². The van der Waals surface area contributed by atoms with Gasteiger partial charge in [-0.1, -0.05) is 31.5 Å². The van der Waals surface area contributed by atoms with Crippen LogP contribution in [0.3, 0.4) is 0 Å². The number of rotatable bonds is 6. The molecule has 134 valence electrons. The molecule has 0 N–H and O–H groups in total. The third kappa shape index (κ3) is 2.75. The van der Waals surface area contributed by atoms with E-state index in [1.54, 1.807) is 0 Å². The normalized spacial score (nSPS) is 11.7. The average Bonchev–Trinajstić information content (AvgIpc) is 3.12. The molecule has 3 heterocycles. The molecule has 4 rings (SSSR count). The summed E-state index contributed by atoms with van der Waals surface area (Å²) >= 11 is 0. The summed E-state index contributed by atoms with van der Waals surface area (Å²) in [5.41, 5.74) is 6.81. The number of hydrogen-bond acceptors (Lipinski definition) is 4. The van der Waals surface area contributed by atoms with Gasteiger partial charge in [-0.15, -0.1) is 10.2 Å². The molecule has 0 radical (unpaired) electrons. The largest absolute Gasteiger partial charge is 0.324 e. The van der Waals surface area contributed by atoms with Gasteiger partial charge in [-0.3, -0.25) is 4.68 Å². The van der Waals surface area contributed by atoms with Crippen LogP contribution in [0.1, 0.15) is 36.7 Å². The molecular weight excluding hydrogens is 324 g/mol. The molecule has 0 aliphatic carbocycles. The van der Waals surface area contributed by atoms with Crippen molar-refractivity contribution in [1.82, 2.24) is 29.5 Å². The van der Waals surface area contributed by atoms with Crippen molar-refractivity contribution in [2.24, 2.45) is 0 Å². The lowest BCUT2D eigenvalue weighted by Crippen LogP contribution is -2.07. The fraction of sp³-hybridized carbons (Fsp3) is 0.400. The van der Waals surface area contributed by atoms with Crippen LogP contribution in [0, 0.1) is 13.8 Å². The molecule has 26 heavy (non-hydrogen) atoms. The van der Waals surface area contributed by atoms with Crippen LogP contribution >= 0.6 is 0 Å². The fourth-order valence-electron chi connectivity index (χ4n) is 3.83. The van der Waals surface area contributed by atoms with Crippen molar-refractivity contribution in [3.8, 4) is 0 Å². The Hall–Kier alpha value is -2.76. The number of benzene rings is 1. The molecule has 0 fully saturated rings.